The third-order valence-electron chi connectivity index (χ3n) is 4.87. The molecular weight excluding hydrogens is 408 g/mol. The number of nitrogens with one attached hydrogen (secondary N) is 2. The van der Waals surface area contributed by atoms with Crippen molar-refractivity contribution in [3.05, 3.63) is 94.4 Å². The van der Waals surface area contributed by atoms with Gasteiger partial charge in [0.25, 0.3) is 11.8 Å². The van der Waals surface area contributed by atoms with Crippen LogP contribution in [0.25, 0.3) is 6.08 Å². The van der Waals surface area contributed by atoms with E-state index < -0.39 is 0 Å². The fraction of sp³-hybridized carbons (Fsp3) is 0.120. The number of benzene rings is 3. The molecule has 2 amide bonds. The highest BCUT2D eigenvalue weighted by molar-refractivity contribution is 8.04. The van der Waals surface area contributed by atoms with Gasteiger partial charge in [0.1, 0.15) is 5.75 Å². The molecule has 4 rings (SSSR count). The fourth-order valence-corrected chi connectivity index (χ4v) is 4.18. The van der Waals surface area contributed by atoms with Gasteiger partial charge in [0, 0.05) is 17.0 Å². The minimum atomic E-state index is -0.193. The van der Waals surface area contributed by atoms with Crippen molar-refractivity contribution in [2.24, 2.45) is 0 Å². The summed E-state index contributed by atoms with van der Waals surface area (Å²) in [6, 6.07) is 22.9. The summed E-state index contributed by atoms with van der Waals surface area (Å²) >= 11 is 1.39. The van der Waals surface area contributed by atoms with E-state index in [1.165, 1.54) is 17.3 Å². The Morgan fingerprint density at radius 1 is 1.06 bits per heavy atom. The zero-order valence-electron chi connectivity index (χ0n) is 17.1. The summed E-state index contributed by atoms with van der Waals surface area (Å²) in [4.78, 5) is 26.6. The predicted molar refractivity (Wildman–Crippen MR) is 124 cm³/mol. The van der Waals surface area contributed by atoms with Gasteiger partial charge in [0.05, 0.1) is 17.7 Å². The Bertz CT molecular complexity index is 1140. The van der Waals surface area contributed by atoms with Gasteiger partial charge in [-0.05, 0) is 54.0 Å². The number of fused-ring (bicyclic) bond motifs is 1. The first kappa shape index (κ1) is 20.8. The molecule has 0 aliphatic carbocycles. The van der Waals surface area contributed by atoms with Gasteiger partial charge in [-0.3, -0.25) is 9.59 Å². The third kappa shape index (κ3) is 5.16. The van der Waals surface area contributed by atoms with Crippen molar-refractivity contribution in [2.75, 3.05) is 19.0 Å². The number of anilines is 1. The van der Waals surface area contributed by atoms with E-state index in [-0.39, 0.29) is 11.8 Å². The fourth-order valence-electron chi connectivity index (χ4n) is 3.25. The third-order valence-corrected chi connectivity index (χ3v) is 5.97. The highest BCUT2D eigenvalue weighted by Crippen LogP contribution is 2.39. The van der Waals surface area contributed by atoms with Crippen LogP contribution >= 0.6 is 11.8 Å². The molecule has 0 radical (unpaired) electrons. The normalized spacial score (nSPS) is 14.0. The molecule has 1 aliphatic rings. The van der Waals surface area contributed by atoms with Crippen LogP contribution in [0.4, 0.5) is 5.69 Å². The van der Waals surface area contributed by atoms with E-state index in [0.717, 1.165) is 22.6 Å². The standard InChI is InChI=1S/C25H22N2O3S/c1-30-20-9-5-8-18(14-20)15-23-25(29)27-21-16-19(10-11-22(21)31-23)24(28)26-13-12-17-6-3-2-4-7-17/h2-11,14-16H,12-13H2,1H3,(H,26,28)(H,27,29). The van der Waals surface area contributed by atoms with Crippen molar-refractivity contribution < 1.29 is 14.3 Å². The number of ether oxygens (including phenoxy) is 1. The molecule has 6 heteroatoms. The number of carbonyl (C=O) groups is 2. The van der Waals surface area contributed by atoms with Crippen molar-refractivity contribution in [1.29, 1.82) is 0 Å². The van der Waals surface area contributed by atoms with Crippen LogP contribution in [0.5, 0.6) is 5.75 Å². The Morgan fingerprint density at radius 2 is 1.90 bits per heavy atom. The van der Waals surface area contributed by atoms with Crippen LogP contribution in [0.3, 0.4) is 0 Å². The summed E-state index contributed by atoms with van der Waals surface area (Å²) < 4.78 is 5.24. The summed E-state index contributed by atoms with van der Waals surface area (Å²) in [6.45, 7) is 0.550. The van der Waals surface area contributed by atoms with Crippen molar-refractivity contribution in [1.82, 2.24) is 5.32 Å². The SMILES string of the molecule is COc1cccc(C=C2Sc3ccc(C(=O)NCCc4ccccc4)cc3NC2=O)c1. The second-order valence-electron chi connectivity index (χ2n) is 7.04. The van der Waals surface area contributed by atoms with Crippen molar-refractivity contribution in [3.63, 3.8) is 0 Å². The first-order valence-electron chi connectivity index (χ1n) is 9.93. The van der Waals surface area contributed by atoms with Crippen molar-refractivity contribution >= 4 is 35.3 Å². The molecule has 0 unspecified atom stereocenters. The van der Waals surface area contributed by atoms with Gasteiger partial charge >= 0.3 is 0 Å². The summed E-state index contributed by atoms with van der Waals surface area (Å²) in [7, 11) is 1.61. The van der Waals surface area contributed by atoms with Gasteiger partial charge in [0.15, 0.2) is 0 Å². The average Bonchev–Trinajstić information content (AvgIpc) is 2.80. The summed E-state index contributed by atoms with van der Waals surface area (Å²) in [5.41, 5.74) is 3.23. The van der Waals surface area contributed by atoms with E-state index in [1.54, 1.807) is 19.2 Å². The summed E-state index contributed by atoms with van der Waals surface area (Å²) in [5.74, 6) is 0.386. The minimum Gasteiger partial charge on any atom is -0.497 e. The number of hydrogen-bond acceptors (Lipinski definition) is 4. The van der Waals surface area contributed by atoms with Gasteiger partial charge in [-0.1, -0.05) is 54.2 Å². The first-order chi connectivity index (χ1) is 15.1. The Hall–Kier alpha value is -3.51. The summed E-state index contributed by atoms with van der Waals surface area (Å²) in [6.07, 6.45) is 2.60. The van der Waals surface area contributed by atoms with E-state index in [9.17, 15) is 9.59 Å². The van der Waals surface area contributed by atoms with Gasteiger partial charge in [-0.15, -0.1) is 0 Å². The number of thioether (sulfide) groups is 1. The van der Waals surface area contributed by atoms with Crippen LogP contribution in [-0.2, 0) is 11.2 Å². The number of carbonyl (C=O) groups excluding carboxylic acids is 2. The molecule has 3 aromatic rings. The molecule has 156 valence electrons. The maximum absolute atomic E-state index is 12.6. The minimum absolute atomic E-state index is 0.157. The highest BCUT2D eigenvalue weighted by atomic mass is 32.2. The second kappa shape index (κ2) is 9.53. The molecule has 0 bridgehead atoms. The van der Waals surface area contributed by atoms with Crippen LogP contribution in [0.15, 0.2) is 82.6 Å². The second-order valence-corrected chi connectivity index (χ2v) is 8.13. The van der Waals surface area contributed by atoms with E-state index >= 15 is 0 Å². The highest BCUT2D eigenvalue weighted by Gasteiger charge is 2.22. The molecule has 0 fully saturated rings. The average molecular weight is 431 g/mol. The smallest absolute Gasteiger partial charge is 0.262 e. The van der Waals surface area contributed by atoms with Gasteiger partial charge in [-0.25, -0.2) is 0 Å². The molecule has 0 aromatic heterocycles. The molecule has 1 aliphatic heterocycles. The molecule has 5 nitrogen and oxygen atoms in total. The molecule has 1 heterocycles. The zero-order valence-corrected chi connectivity index (χ0v) is 17.9. The number of rotatable bonds is 6. The van der Waals surface area contributed by atoms with E-state index in [2.05, 4.69) is 10.6 Å². The Balaban J connectivity index is 1.43. The van der Waals surface area contributed by atoms with Gasteiger partial charge < -0.3 is 15.4 Å². The quantitative estimate of drug-likeness (QED) is 0.554. The monoisotopic (exact) mass is 430 g/mol. The van der Waals surface area contributed by atoms with Gasteiger partial charge in [0.2, 0.25) is 0 Å². The van der Waals surface area contributed by atoms with Crippen molar-refractivity contribution in [2.45, 2.75) is 11.3 Å². The van der Waals surface area contributed by atoms with Crippen LogP contribution < -0.4 is 15.4 Å². The maximum atomic E-state index is 12.6. The molecule has 0 spiro atoms. The summed E-state index contributed by atoms with van der Waals surface area (Å²) in [5, 5.41) is 5.83. The largest absolute Gasteiger partial charge is 0.497 e. The number of amides is 2. The predicted octanol–water partition coefficient (Wildman–Crippen LogP) is 4.75. The number of hydrogen-bond donors (Lipinski definition) is 2. The zero-order chi connectivity index (χ0) is 21.6. The lowest BCUT2D eigenvalue weighted by molar-refractivity contribution is -0.112. The van der Waals surface area contributed by atoms with Crippen LogP contribution in [0.2, 0.25) is 0 Å². The van der Waals surface area contributed by atoms with Gasteiger partial charge in [-0.2, -0.15) is 0 Å². The lowest BCUT2D eigenvalue weighted by atomic mass is 10.1. The van der Waals surface area contributed by atoms with Crippen LogP contribution in [0.1, 0.15) is 21.5 Å². The molecular formula is C25H22N2O3S. The Morgan fingerprint density at radius 3 is 2.71 bits per heavy atom. The Labute approximate surface area is 185 Å². The van der Waals surface area contributed by atoms with E-state index in [4.69, 9.17) is 4.74 Å². The number of methoxy groups -OCH3 is 1. The molecule has 0 saturated heterocycles. The van der Waals surface area contributed by atoms with E-state index in [0.29, 0.717) is 22.7 Å². The van der Waals surface area contributed by atoms with Crippen molar-refractivity contribution in [3.8, 4) is 5.75 Å². The Kier molecular flexibility index (Phi) is 6.38. The molecule has 3 aromatic carbocycles. The topological polar surface area (TPSA) is 67.4 Å². The lowest BCUT2D eigenvalue weighted by Crippen LogP contribution is -2.26. The first-order valence-corrected chi connectivity index (χ1v) is 10.7. The van der Waals surface area contributed by atoms with E-state index in [1.807, 2.05) is 66.7 Å². The molecule has 0 saturated carbocycles. The van der Waals surface area contributed by atoms with Crippen LogP contribution in [0, 0.1) is 0 Å². The molecule has 31 heavy (non-hydrogen) atoms. The van der Waals surface area contributed by atoms with Crippen LogP contribution in [-0.4, -0.2) is 25.5 Å². The maximum Gasteiger partial charge on any atom is 0.262 e. The molecule has 2 N–H and O–H groups in total. The lowest BCUT2D eigenvalue weighted by Gasteiger charge is -2.19. The molecule has 0 atom stereocenters.